The van der Waals surface area contributed by atoms with Gasteiger partial charge in [0.25, 0.3) is 0 Å². The molecule has 7 heteroatoms. The molecule has 0 saturated heterocycles. The second-order valence-electron chi connectivity index (χ2n) is 3.02. The molecule has 0 bridgehead atoms. The van der Waals surface area contributed by atoms with Crippen LogP contribution < -0.4 is 9.79 Å². The maximum Gasteiger partial charge on any atom is 0.244 e. The normalized spacial score (nSPS) is 18.6. The van der Waals surface area contributed by atoms with E-state index in [4.69, 9.17) is 4.84 Å². The summed E-state index contributed by atoms with van der Waals surface area (Å²) in [5, 5.41) is 10.6. The summed E-state index contributed by atoms with van der Waals surface area (Å²) in [6.07, 6.45) is 0. The molecule has 1 aromatic carbocycles. The molecule has 6 nitrogen and oxygen atoms in total. The molecule has 0 fully saturated rings. The van der Waals surface area contributed by atoms with E-state index in [1.165, 1.54) is 30.4 Å². The van der Waals surface area contributed by atoms with Crippen molar-refractivity contribution >= 4 is 15.7 Å². The van der Waals surface area contributed by atoms with Gasteiger partial charge in [0, 0.05) is 6.07 Å². The summed E-state index contributed by atoms with van der Waals surface area (Å²) in [5.74, 6) is -0.0999. The highest BCUT2D eigenvalue weighted by Crippen LogP contribution is 2.31. The van der Waals surface area contributed by atoms with E-state index in [0.717, 1.165) is 0 Å². The molecular formula is C8H10N2O4S. The lowest BCUT2D eigenvalue weighted by Crippen LogP contribution is -2.42. The number of rotatable bonds is 1. The molecule has 1 heterocycles. The number of nitrogens with one attached hydrogen (secondary N) is 1. The highest BCUT2D eigenvalue weighted by atomic mass is 32.2. The van der Waals surface area contributed by atoms with Crippen molar-refractivity contribution < 1.29 is 18.4 Å². The number of phenols is 1. The molecule has 0 unspecified atom stereocenters. The van der Waals surface area contributed by atoms with Crippen molar-refractivity contribution in [1.82, 2.24) is 4.72 Å². The van der Waals surface area contributed by atoms with E-state index in [0.29, 0.717) is 5.69 Å². The number of aromatic hydroxyl groups is 1. The first-order chi connectivity index (χ1) is 7.04. The van der Waals surface area contributed by atoms with Crippen LogP contribution in [0, 0.1) is 0 Å². The third kappa shape index (κ3) is 1.65. The van der Waals surface area contributed by atoms with Gasteiger partial charge in [0.1, 0.15) is 17.3 Å². The smallest absolute Gasteiger partial charge is 0.244 e. The van der Waals surface area contributed by atoms with Crippen LogP contribution in [0.15, 0.2) is 23.1 Å². The number of anilines is 1. The molecule has 0 amide bonds. The van der Waals surface area contributed by atoms with E-state index in [1.54, 1.807) is 0 Å². The number of benzene rings is 1. The largest absolute Gasteiger partial charge is 0.508 e. The molecule has 0 aliphatic carbocycles. The standard InChI is InChI=1S/C8H10N2O4S/c1-14-10-5-9-15(12,13)8-4-6(11)2-3-7(8)10/h2-4,9,11H,5H2,1H3. The minimum atomic E-state index is -3.54. The van der Waals surface area contributed by atoms with E-state index in [1.807, 2.05) is 0 Å². The van der Waals surface area contributed by atoms with Crippen LogP contribution >= 0.6 is 0 Å². The zero-order chi connectivity index (χ0) is 11.1. The summed E-state index contributed by atoms with van der Waals surface area (Å²) in [6, 6.07) is 4.08. The number of fused-ring (bicyclic) bond motifs is 1. The van der Waals surface area contributed by atoms with Gasteiger partial charge in [-0.15, -0.1) is 0 Å². The predicted octanol–water partition coefficient (Wildman–Crippen LogP) is 0.00940. The number of sulfonamides is 1. The van der Waals surface area contributed by atoms with E-state index in [2.05, 4.69) is 4.72 Å². The lowest BCUT2D eigenvalue weighted by atomic mass is 10.3. The summed E-state index contributed by atoms with van der Waals surface area (Å²) in [5.41, 5.74) is 0.411. The van der Waals surface area contributed by atoms with Crippen molar-refractivity contribution in [3.8, 4) is 5.75 Å². The van der Waals surface area contributed by atoms with Crippen LogP contribution in [0.3, 0.4) is 0 Å². The van der Waals surface area contributed by atoms with Gasteiger partial charge in [-0.25, -0.2) is 13.5 Å². The topological polar surface area (TPSA) is 78.9 Å². The highest BCUT2D eigenvalue weighted by Gasteiger charge is 2.28. The van der Waals surface area contributed by atoms with Crippen LogP contribution in [0.4, 0.5) is 5.69 Å². The highest BCUT2D eigenvalue weighted by molar-refractivity contribution is 7.89. The fraction of sp³-hybridized carbons (Fsp3) is 0.250. The van der Waals surface area contributed by atoms with Crippen LogP contribution in [-0.4, -0.2) is 27.3 Å². The van der Waals surface area contributed by atoms with Gasteiger partial charge in [-0.1, -0.05) is 0 Å². The Balaban J connectivity index is 2.64. The lowest BCUT2D eigenvalue weighted by molar-refractivity contribution is 0.162. The molecule has 0 atom stereocenters. The summed E-state index contributed by atoms with van der Waals surface area (Å²) in [7, 11) is -2.10. The summed E-state index contributed by atoms with van der Waals surface area (Å²) >= 11 is 0. The average Bonchev–Trinajstić information content (AvgIpc) is 2.19. The van der Waals surface area contributed by atoms with Gasteiger partial charge in [0.2, 0.25) is 10.0 Å². The van der Waals surface area contributed by atoms with Crippen molar-refractivity contribution in [1.29, 1.82) is 0 Å². The second kappa shape index (κ2) is 3.37. The Hall–Kier alpha value is -1.31. The Labute approximate surface area is 87.1 Å². The first kappa shape index (κ1) is 10.2. The Morgan fingerprint density at radius 1 is 1.53 bits per heavy atom. The number of hydrogen-bond acceptors (Lipinski definition) is 5. The van der Waals surface area contributed by atoms with E-state index in [-0.39, 0.29) is 17.3 Å². The van der Waals surface area contributed by atoms with Gasteiger partial charge in [-0.05, 0) is 12.1 Å². The molecule has 1 aliphatic heterocycles. The fourth-order valence-corrected chi connectivity index (χ4v) is 2.56. The van der Waals surface area contributed by atoms with Gasteiger partial charge in [0.05, 0.1) is 12.8 Å². The summed E-state index contributed by atoms with van der Waals surface area (Å²) in [4.78, 5) is 4.99. The molecule has 2 rings (SSSR count). The van der Waals surface area contributed by atoms with Crippen molar-refractivity contribution in [2.24, 2.45) is 0 Å². The Bertz CT molecular complexity index is 485. The zero-order valence-electron chi connectivity index (χ0n) is 7.97. The zero-order valence-corrected chi connectivity index (χ0v) is 8.78. The maximum absolute atomic E-state index is 11.6. The number of phenolic OH excluding ortho intramolecular Hbond substituents is 1. The lowest BCUT2D eigenvalue weighted by Gasteiger charge is -2.28. The van der Waals surface area contributed by atoms with Crippen molar-refractivity contribution in [2.75, 3.05) is 18.8 Å². The van der Waals surface area contributed by atoms with Crippen LogP contribution in [0.2, 0.25) is 0 Å². The third-order valence-corrected chi connectivity index (χ3v) is 3.54. The SMILES string of the molecule is CON1CNS(=O)(=O)c2cc(O)ccc21. The van der Waals surface area contributed by atoms with Gasteiger partial charge in [-0.3, -0.25) is 4.84 Å². The quantitative estimate of drug-likeness (QED) is 0.710. The molecule has 0 aromatic heterocycles. The molecule has 0 radical (unpaired) electrons. The molecule has 15 heavy (non-hydrogen) atoms. The summed E-state index contributed by atoms with van der Waals surface area (Å²) in [6.45, 7) is 0.0522. The summed E-state index contributed by atoms with van der Waals surface area (Å²) < 4.78 is 25.5. The van der Waals surface area contributed by atoms with Crippen molar-refractivity contribution in [3.63, 3.8) is 0 Å². The maximum atomic E-state index is 11.6. The molecular weight excluding hydrogens is 220 g/mol. The van der Waals surface area contributed by atoms with E-state index >= 15 is 0 Å². The van der Waals surface area contributed by atoms with E-state index in [9.17, 15) is 13.5 Å². The van der Waals surface area contributed by atoms with Gasteiger partial charge >= 0.3 is 0 Å². The van der Waals surface area contributed by atoms with Gasteiger partial charge in [-0.2, -0.15) is 4.72 Å². The monoisotopic (exact) mass is 230 g/mol. The van der Waals surface area contributed by atoms with Gasteiger partial charge < -0.3 is 5.11 Å². The van der Waals surface area contributed by atoms with Crippen LogP contribution in [0.1, 0.15) is 0 Å². The first-order valence-electron chi connectivity index (χ1n) is 4.19. The Kier molecular flexibility index (Phi) is 2.29. The second-order valence-corrected chi connectivity index (χ2v) is 4.75. The molecule has 1 aliphatic rings. The number of nitrogens with zero attached hydrogens (tertiary/aromatic N) is 1. The Morgan fingerprint density at radius 2 is 2.27 bits per heavy atom. The number of hydrogen-bond donors (Lipinski definition) is 2. The van der Waals surface area contributed by atoms with Crippen LogP contribution in [-0.2, 0) is 14.9 Å². The predicted molar refractivity (Wildman–Crippen MR) is 52.8 cm³/mol. The fourth-order valence-electron chi connectivity index (χ4n) is 1.39. The minimum Gasteiger partial charge on any atom is -0.508 e. The Morgan fingerprint density at radius 3 is 2.93 bits per heavy atom. The average molecular weight is 230 g/mol. The van der Waals surface area contributed by atoms with Crippen LogP contribution in [0.25, 0.3) is 0 Å². The van der Waals surface area contributed by atoms with Crippen LogP contribution in [0.5, 0.6) is 5.75 Å². The third-order valence-electron chi connectivity index (χ3n) is 2.12. The molecule has 0 saturated carbocycles. The van der Waals surface area contributed by atoms with Crippen molar-refractivity contribution in [2.45, 2.75) is 4.90 Å². The molecule has 0 spiro atoms. The van der Waals surface area contributed by atoms with Crippen molar-refractivity contribution in [3.05, 3.63) is 18.2 Å². The van der Waals surface area contributed by atoms with E-state index < -0.39 is 10.0 Å². The van der Waals surface area contributed by atoms with Gasteiger partial charge in [0.15, 0.2) is 0 Å². The molecule has 82 valence electrons. The number of hydroxylamine groups is 1. The molecule has 1 aromatic rings. The minimum absolute atomic E-state index is 0.00981. The first-order valence-corrected chi connectivity index (χ1v) is 5.67. The molecule has 2 N–H and O–H groups in total.